The average molecular weight is 656 g/mol. The molecule has 0 saturated carbocycles. The Bertz CT molecular complexity index is 1560. The Balaban J connectivity index is 1.52. The van der Waals surface area contributed by atoms with E-state index in [0.717, 1.165) is 56.8 Å². The average Bonchev–Trinajstić information content (AvgIpc) is 3.52. The maximum Gasteiger partial charge on any atom is 0.328 e. The second kappa shape index (κ2) is 13.2. The van der Waals surface area contributed by atoms with E-state index in [1.165, 1.54) is 11.8 Å². The molecular formula is C33H43N4O6S2+. The quantitative estimate of drug-likeness (QED) is 0.0780. The van der Waals surface area contributed by atoms with Gasteiger partial charge in [-0.05, 0) is 85.9 Å². The van der Waals surface area contributed by atoms with Gasteiger partial charge < -0.3 is 36.3 Å². The van der Waals surface area contributed by atoms with E-state index in [-0.39, 0.29) is 41.5 Å². The van der Waals surface area contributed by atoms with Crippen molar-refractivity contribution in [3.05, 3.63) is 62.3 Å². The predicted octanol–water partition coefficient (Wildman–Crippen LogP) is 3.15. The third-order valence-electron chi connectivity index (χ3n) is 9.52. The van der Waals surface area contributed by atoms with Gasteiger partial charge in [0.1, 0.15) is 6.23 Å². The molecule has 5 rings (SSSR count). The zero-order valence-electron chi connectivity index (χ0n) is 26.1. The fraction of sp³-hybridized carbons (Fsp3) is 0.485. The fourth-order valence-corrected chi connectivity index (χ4v) is 8.09. The number of aromatic amines is 1. The molecule has 1 amide bonds. The van der Waals surface area contributed by atoms with Crippen molar-refractivity contribution in [2.45, 2.75) is 82.7 Å². The molecule has 0 radical (unpaired) electrons. The normalized spacial score (nSPS) is 30.4. The highest BCUT2D eigenvalue weighted by Crippen LogP contribution is 2.38. The fourth-order valence-electron chi connectivity index (χ4n) is 6.86. The second-order valence-electron chi connectivity index (χ2n) is 12.5. The van der Waals surface area contributed by atoms with Crippen LogP contribution in [-0.4, -0.2) is 72.7 Å². The molecule has 2 fully saturated rings. The number of carboxylic acids is 2. The van der Waals surface area contributed by atoms with E-state index in [1.54, 1.807) is 6.08 Å². The first-order chi connectivity index (χ1) is 21.3. The molecule has 0 aliphatic carbocycles. The van der Waals surface area contributed by atoms with Crippen LogP contribution in [0.1, 0.15) is 69.5 Å². The minimum atomic E-state index is -1.07. The van der Waals surface area contributed by atoms with Crippen LogP contribution in [0.4, 0.5) is 0 Å². The Morgan fingerprint density at radius 1 is 1.07 bits per heavy atom. The van der Waals surface area contributed by atoms with Crippen LogP contribution in [0.2, 0.25) is 0 Å². The summed E-state index contributed by atoms with van der Waals surface area (Å²) in [6.45, 7) is 9.91. The topological polar surface area (TPSA) is 164 Å². The van der Waals surface area contributed by atoms with E-state index < -0.39 is 18.2 Å². The van der Waals surface area contributed by atoms with Crippen LogP contribution >= 0.6 is 12.6 Å². The highest BCUT2D eigenvalue weighted by atomic mass is 32.2. The Hall–Kier alpha value is -3.35. The molecular weight excluding hydrogens is 613 g/mol. The number of carboxylic acid groups (broad SMARTS) is 2. The van der Waals surface area contributed by atoms with Gasteiger partial charge in [-0.1, -0.05) is 13.8 Å². The molecule has 2 unspecified atom stereocenters. The number of aliphatic carboxylic acids is 2. The molecule has 10 nitrogen and oxygen atoms in total. The minimum Gasteiger partial charge on any atom is -0.481 e. The Morgan fingerprint density at radius 3 is 2.38 bits per heavy atom. The lowest BCUT2D eigenvalue weighted by Crippen LogP contribution is -2.36. The molecule has 242 valence electrons. The number of hydrogen-bond acceptors (Lipinski definition) is 7. The van der Waals surface area contributed by atoms with Gasteiger partial charge in [-0.15, -0.1) is 0 Å². The molecule has 7 N–H and O–H groups in total. The van der Waals surface area contributed by atoms with E-state index in [2.05, 4.69) is 33.6 Å². The van der Waals surface area contributed by atoms with Crippen molar-refractivity contribution >= 4 is 60.5 Å². The highest BCUT2D eigenvalue weighted by Gasteiger charge is 2.47. The molecule has 4 aliphatic rings. The summed E-state index contributed by atoms with van der Waals surface area (Å²) in [6, 6.07) is -0.218. The van der Waals surface area contributed by atoms with Gasteiger partial charge in [0.25, 0.3) is 5.91 Å². The van der Waals surface area contributed by atoms with Crippen LogP contribution < -0.4 is 16.0 Å². The molecule has 0 bridgehead atoms. The number of amides is 1. The van der Waals surface area contributed by atoms with E-state index in [9.17, 15) is 29.7 Å². The van der Waals surface area contributed by atoms with Crippen LogP contribution in [0.5, 0.6) is 0 Å². The molecule has 1 aromatic heterocycles. The first kappa shape index (κ1) is 33.0. The lowest BCUT2D eigenvalue weighted by atomic mass is 9.91. The SMILES string of the molecule is CC1=C(CCC(=O)O)/C(=C/c2[nH]c(/C=C3\NC(O)[C@H](C)[C@H]3[C@H](C)S)c(C)c2/C=C/C(=O)O)NC1C[C@H]1NC(=O)C([C@H]2C[SH+]2)=C1C. The summed E-state index contributed by atoms with van der Waals surface area (Å²) in [5.74, 6) is -0.978. The van der Waals surface area contributed by atoms with Crippen molar-refractivity contribution in [1.82, 2.24) is 20.9 Å². The summed E-state index contributed by atoms with van der Waals surface area (Å²) in [5.41, 5.74) is 8.48. The molecule has 45 heavy (non-hydrogen) atoms. The van der Waals surface area contributed by atoms with E-state index in [0.29, 0.717) is 29.3 Å². The summed E-state index contributed by atoms with van der Waals surface area (Å²) in [7, 11) is 0. The first-order valence-corrected chi connectivity index (χ1v) is 17.0. The third kappa shape index (κ3) is 6.92. The number of nitrogens with one attached hydrogen (secondary N) is 4. The number of carbonyl (C=O) groups is 3. The molecule has 1 aromatic rings. The van der Waals surface area contributed by atoms with Crippen LogP contribution in [-0.2, 0) is 26.1 Å². The molecule has 12 heteroatoms. The standard InChI is InChI=1S/C33H42N4O6S2/c1-14-19(6-8-28(38)39)24(34-21(14)10-23-16(3)31(27-13-45-27)33(43)36-23)12-25-20(7-9-29(40)41)15(2)22(35-25)11-26-30(18(5)44)17(4)32(42)37-26/h7,9,11-12,17-18,21,23,27,30,32,34-35,37,42,44H,6,8,10,13H2,1-5H3,(H,36,43)(H,38,39)(H,40,41)/p+1/b9-7+,24-12-,26-11-/t17-,18+,21?,23-,27-,30+,32?/m1/s1. The smallest absolute Gasteiger partial charge is 0.328 e. The largest absolute Gasteiger partial charge is 0.481 e. The van der Waals surface area contributed by atoms with Crippen molar-refractivity contribution < 1.29 is 29.7 Å². The number of aromatic nitrogens is 1. The van der Waals surface area contributed by atoms with Crippen LogP contribution in [0, 0.1) is 18.8 Å². The molecule has 0 spiro atoms. The lowest BCUT2D eigenvalue weighted by Gasteiger charge is -2.20. The predicted molar refractivity (Wildman–Crippen MR) is 182 cm³/mol. The molecule has 2 saturated heterocycles. The summed E-state index contributed by atoms with van der Waals surface area (Å²) in [4.78, 5) is 39.3. The minimum absolute atomic E-state index is 0.00765. The van der Waals surface area contributed by atoms with Crippen molar-refractivity contribution in [3.8, 4) is 0 Å². The monoisotopic (exact) mass is 655 g/mol. The van der Waals surface area contributed by atoms with Crippen molar-refractivity contribution in [3.63, 3.8) is 0 Å². The number of aliphatic hydroxyl groups excluding tert-OH is 1. The van der Waals surface area contributed by atoms with Crippen LogP contribution in [0.3, 0.4) is 0 Å². The van der Waals surface area contributed by atoms with Crippen LogP contribution in [0.15, 0.2) is 39.8 Å². The van der Waals surface area contributed by atoms with E-state index in [4.69, 9.17) is 0 Å². The van der Waals surface area contributed by atoms with Gasteiger partial charge in [0, 0.05) is 64.0 Å². The van der Waals surface area contributed by atoms with Gasteiger partial charge in [-0.25, -0.2) is 4.79 Å². The first-order valence-electron chi connectivity index (χ1n) is 15.3. The lowest BCUT2D eigenvalue weighted by molar-refractivity contribution is -0.137. The number of thiol groups is 2. The summed E-state index contributed by atoms with van der Waals surface area (Å²) in [6.07, 6.45) is 6.74. The Labute approximate surface area is 273 Å². The van der Waals surface area contributed by atoms with Gasteiger partial charge in [0.15, 0.2) is 11.0 Å². The highest BCUT2D eigenvalue weighted by molar-refractivity contribution is 7.87. The third-order valence-corrected chi connectivity index (χ3v) is 10.8. The number of allylic oxidation sites excluding steroid dienone is 2. The van der Waals surface area contributed by atoms with Gasteiger partial charge >= 0.3 is 11.9 Å². The number of carbonyl (C=O) groups excluding carboxylic acids is 1. The number of H-pyrrole nitrogens is 1. The summed E-state index contributed by atoms with van der Waals surface area (Å²) < 4.78 is 0. The summed E-state index contributed by atoms with van der Waals surface area (Å²) in [5, 5.41) is 39.7. The molecule has 0 aromatic carbocycles. The number of hydrogen-bond donors (Lipinski definition) is 8. The molecule has 4 aliphatic heterocycles. The molecule has 7 atom stereocenters. The Kier molecular flexibility index (Phi) is 9.67. The summed E-state index contributed by atoms with van der Waals surface area (Å²) >= 11 is 5.96. The number of aliphatic hydroxyl groups is 1. The van der Waals surface area contributed by atoms with E-state index in [1.807, 2.05) is 46.8 Å². The second-order valence-corrected chi connectivity index (χ2v) is 14.7. The number of rotatable bonds is 11. The maximum absolute atomic E-state index is 12.7. The zero-order chi connectivity index (χ0) is 32.7. The van der Waals surface area contributed by atoms with E-state index >= 15 is 0 Å². The Morgan fingerprint density at radius 2 is 1.76 bits per heavy atom. The van der Waals surface area contributed by atoms with Gasteiger partial charge in [0.05, 0.1) is 11.6 Å². The molecule has 5 heterocycles. The van der Waals surface area contributed by atoms with Crippen LogP contribution in [0.25, 0.3) is 18.2 Å². The van der Waals surface area contributed by atoms with Crippen molar-refractivity contribution in [2.24, 2.45) is 11.8 Å². The van der Waals surface area contributed by atoms with Crippen molar-refractivity contribution in [1.29, 1.82) is 0 Å². The van der Waals surface area contributed by atoms with Crippen molar-refractivity contribution in [2.75, 3.05) is 5.75 Å². The zero-order valence-corrected chi connectivity index (χ0v) is 27.9. The maximum atomic E-state index is 12.7. The van der Waals surface area contributed by atoms with Gasteiger partial charge in [-0.2, -0.15) is 12.6 Å². The van der Waals surface area contributed by atoms with Gasteiger partial charge in [-0.3, -0.25) is 9.59 Å². The van der Waals surface area contributed by atoms with Gasteiger partial charge in [0.2, 0.25) is 0 Å².